The Bertz CT molecular complexity index is 540. The highest BCUT2D eigenvalue weighted by atomic mass is 19.2. The molecular formula is C12H9F5O3. The minimum atomic E-state index is -2.37. The number of halogens is 5. The van der Waals surface area contributed by atoms with Gasteiger partial charge in [0.25, 0.3) is 0 Å². The summed E-state index contributed by atoms with van der Waals surface area (Å²) in [6.45, 7) is 2.92. The first-order valence-corrected chi connectivity index (χ1v) is 5.40. The minimum absolute atomic E-state index is 0.591. The van der Waals surface area contributed by atoms with Crippen LogP contribution in [0.2, 0.25) is 0 Å². The maximum Gasteiger partial charge on any atom is 0.313 e. The van der Waals surface area contributed by atoms with Gasteiger partial charge in [-0.3, -0.25) is 9.59 Å². The van der Waals surface area contributed by atoms with Crippen molar-refractivity contribution in [2.24, 2.45) is 0 Å². The van der Waals surface area contributed by atoms with Crippen LogP contribution in [0.25, 0.3) is 0 Å². The Balaban J connectivity index is 3.15. The van der Waals surface area contributed by atoms with Crippen molar-refractivity contribution < 1.29 is 36.3 Å². The molecule has 0 amide bonds. The number of hydrogen-bond donors (Lipinski definition) is 0. The summed E-state index contributed by atoms with van der Waals surface area (Å²) in [5, 5.41) is 0. The number of rotatable bonds is 4. The van der Waals surface area contributed by atoms with E-state index in [1.54, 1.807) is 0 Å². The molecule has 1 aromatic carbocycles. The van der Waals surface area contributed by atoms with E-state index in [0.29, 0.717) is 0 Å². The molecule has 0 atom stereocenters. The van der Waals surface area contributed by atoms with Crippen LogP contribution in [0.4, 0.5) is 22.0 Å². The van der Waals surface area contributed by atoms with Gasteiger partial charge in [-0.05, 0) is 13.8 Å². The summed E-state index contributed by atoms with van der Waals surface area (Å²) < 4.78 is 69.6. The third-order valence-electron chi connectivity index (χ3n) is 2.16. The molecule has 8 heteroatoms. The van der Waals surface area contributed by atoms with Gasteiger partial charge in [0, 0.05) is 0 Å². The molecule has 110 valence electrons. The number of esters is 1. The monoisotopic (exact) mass is 296 g/mol. The molecule has 0 N–H and O–H groups in total. The predicted octanol–water partition coefficient (Wildman–Crippen LogP) is 2.91. The van der Waals surface area contributed by atoms with E-state index in [1.807, 2.05) is 0 Å². The summed E-state index contributed by atoms with van der Waals surface area (Å²) >= 11 is 0. The highest BCUT2D eigenvalue weighted by Gasteiger charge is 2.30. The fraction of sp³-hybridized carbons (Fsp3) is 0.333. The highest BCUT2D eigenvalue weighted by Crippen LogP contribution is 2.24. The largest absolute Gasteiger partial charge is 0.463 e. The molecule has 0 aliphatic heterocycles. The molecule has 0 radical (unpaired) electrons. The molecule has 1 rings (SSSR count). The zero-order valence-corrected chi connectivity index (χ0v) is 10.4. The summed E-state index contributed by atoms with van der Waals surface area (Å²) in [5.41, 5.74) is -1.65. The van der Waals surface area contributed by atoms with E-state index in [0.717, 1.165) is 0 Å². The molecule has 20 heavy (non-hydrogen) atoms. The van der Waals surface area contributed by atoms with E-state index < -0.39 is 58.9 Å². The van der Waals surface area contributed by atoms with E-state index in [2.05, 4.69) is 4.74 Å². The van der Waals surface area contributed by atoms with Crippen molar-refractivity contribution in [2.45, 2.75) is 26.4 Å². The second kappa shape index (κ2) is 5.98. The molecule has 0 aromatic heterocycles. The molecule has 0 saturated carbocycles. The van der Waals surface area contributed by atoms with Crippen LogP contribution >= 0.6 is 0 Å². The first kappa shape index (κ1) is 16.1. The molecule has 0 heterocycles. The zero-order valence-electron chi connectivity index (χ0n) is 10.4. The lowest BCUT2D eigenvalue weighted by atomic mass is 10.1. The van der Waals surface area contributed by atoms with Crippen molar-refractivity contribution >= 4 is 11.8 Å². The Morgan fingerprint density at radius 1 is 0.900 bits per heavy atom. The van der Waals surface area contributed by atoms with Crippen LogP contribution in [0.3, 0.4) is 0 Å². The molecule has 0 aliphatic carbocycles. The first-order valence-electron chi connectivity index (χ1n) is 5.40. The van der Waals surface area contributed by atoms with Crippen LogP contribution in [0.15, 0.2) is 0 Å². The molecule has 0 bridgehead atoms. The molecule has 3 nitrogen and oxygen atoms in total. The average molecular weight is 296 g/mol. The second-order valence-corrected chi connectivity index (χ2v) is 4.08. The van der Waals surface area contributed by atoms with Gasteiger partial charge in [0.05, 0.1) is 11.7 Å². The molecule has 0 spiro atoms. The zero-order chi connectivity index (χ0) is 15.6. The number of ketones is 1. The lowest BCUT2D eigenvalue weighted by molar-refractivity contribution is -0.146. The van der Waals surface area contributed by atoms with Gasteiger partial charge in [0.2, 0.25) is 5.82 Å². The Kier molecular flexibility index (Phi) is 4.80. The Morgan fingerprint density at radius 3 is 1.70 bits per heavy atom. The van der Waals surface area contributed by atoms with E-state index in [-0.39, 0.29) is 0 Å². The summed E-state index contributed by atoms with van der Waals surface area (Å²) in [7, 11) is 0. The van der Waals surface area contributed by atoms with Gasteiger partial charge in [0.15, 0.2) is 29.1 Å². The smallest absolute Gasteiger partial charge is 0.313 e. The van der Waals surface area contributed by atoms with E-state index in [9.17, 15) is 31.5 Å². The second-order valence-electron chi connectivity index (χ2n) is 4.08. The Hall–Kier alpha value is -1.99. The van der Waals surface area contributed by atoms with Crippen molar-refractivity contribution in [1.29, 1.82) is 0 Å². The maximum atomic E-state index is 13.3. The van der Waals surface area contributed by atoms with E-state index >= 15 is 0 Å². The van der Waals surface area contributed by atoms with Crippen LogP contribution in [-0.4, -0.2) is 17.9 Å². The summed E-state index contributed by atoms with van der Waals surface area (Å²) in [4.78, 5) is 22.6. The van der Waals surface area contributed by atoms with Crippen molar-refractivity contribution in [2.75, 3.05) is 0 Å². The number of Topliss-reactive ketones (excluding diaryl/α,β-unsaturated/α-hetero) is 1. The molecule has 0 unspecified atom stereocenters. The lowest BCUT2D eigenvalue weighted by Crippen LogP contribution is -2.19. The Labute approximate surface area is 110 Å². The maximum absolute atomic E-state index is 13.3. The van der Waals surface area contributed by atoms with Gasteiger partial charge in [-0.25, -0.2) is 22.0 Å². The summed E-state index contributed by atoms with van der Waals surface area (Å²) in [6, 6.07) is 0. The van der Waals surface area contributed by atoms with Crippen LogP contribution in [-0.2, 0) is 9.53 Å². The van der Waals surface area contributed by atoms with Crippen molar-refractivity contribution in [3.8, 4) is 0 Å². The number of hydrogen-bond acceptors (Lipinski definition) is 3. The first-order chi connectivity index (χ1) is 9.16. The summed E-state index contributed by atoms with van der Waals surface area (Å²) in [6.07, 6.45) is -1.72. The van der Waals surface area contributed by atoms with Crippen molar-refractivity contribution in [3.63, 3.8) is 0 Å². The quantitative estimate of drug-likeness (QED) is 0.214. The predicted molar refractivity (Wildman–Crippen MR) is 56.4 cm³/mol. The van der Waals surface area contributed by atoms with Crippen LogP contribution in [0.1, 0.15) is 30.6 Å². The molecular weight excluding hydrogens is 287 g/mol. The SMILES string of the molecule is CC(C)OC(=O)CC(=O)c1c(F)c(F)c(F)c(F)c1F. The molecule has 0 saturated heterocycles. The van der Waals surface area contributed by atoms with Gasteiger partial charge in [-0.15, -0.1) is 0 Å². The third kappa shape index (κ3) is 3.12. The summed E-state index contributed by atoms with van der Waals surface area (Å²) in [5.74, 6) is -14.1. The fourth-order valence-corrected chi connectivity index (χ4v) is 1.37. The van der Waals surface area contributed by atoms with Gasteiger partial charge in [-0.2, -0.15) is 0 Å². The third-order valence-corrected chi connectivity index (χ3v) is 2.16. The number of carbonyl (C=O) groups is 2. The molecule has 0 fully saturated rings. The van der Waals surface area contributed by atoms with Gasteiger partial charge >= 0.3 is 5.97 Å². The van der Waals surface area contributed by atoms with Crippen LogP contribution < -0.4 is 0 Å². The van der Waals surface area contributed by atoms with Gasteiger partial charge in [-0.1, -0.05) is 0 Å². The molecule has 0 aliphatic rings. The fourth-order valence-electron chi connectivity index (χ4n) is 1.37. The topological polar surface area (TPSA) is 43.4 Å². The van der Waals surface area contributed by atoms with Crippen molar-refractivity contribution in [3.05, 3.63) is 34.6 Å². The van der Waals surface area contributed by atoms with E-state index in [4.69, 9.17) is 0 Å². The van der Waals surface area contributed by atoms with Crippen LogP contribution in [0, 0.1) is 29.1 Å². The lowest BCUT2D eigenvalue weighted by Gasteiger charge is -2.09. The normalized spacial score (nSPS) is 10.8. The van der Waals surface area contributed by atoms with E-state index in [1.165, 1.54) is 13.8 Å². The number of ether oxygens (including phenoxy) is 1. The Morgan fingerprint density at radius 2 is 1.30 bits per heavy atom. The number of benzene rings is 1. The molecule has 1 aromatic rings. The van der Waals surface area contributed by atoms with Crippen LogP contribution in [0.5, 0.6) is 0 Å². The van der Waals surface area contributed by atoms with Gasteiger partial charge in [0.1, 0.15) is 6.42 Å². The standard InChI is InChI=1S/C12H9F5O3/c1-4(2)20-6(19)3-5(18)7-8(13)10(15)12(17)11(16)9(7)14/h4H,3H2,1-2H3. The minimum Gasteiger partial charge on any atom is -0.463 e. The number of carbonyl (C=O) groups excluding carboxylic acids is 2. The average Bonchev–Trinajstić information content (AvgIpc) is 2.33. The van der Waals surface area contributed by atoms with Gasteiger partial charge < -0.3 is 4.74 Å². The van der Waals surface area contributed by atoms with Crippen molar-refractivity contribution in [1.82, 2.24) is 0 Å². The highest BCUT2D eigenvalue weighted by molar-refractivity contribution is 6.06.